The highest BCUT2D eigenvalue weighted by Gasteiger charge is 2.31. The third kappa shape index (κ3) is 3.49. The Morgan fingerprint density at radius 1 is 1.42 bits per heavy atom. The van der Waals surface area contributed by atoms with E-state index < -0.39 is 9.70 Å². The van der Waals surface area contributed by atoms with Crippen molar-refractivity contribution in [1.29, 1.82) is 0 Å². The first-order valence-corrected chi connectivity index (χ1v) is 7.67. The van der Waals surface area contributed by atoms with Crippen molar-refractivity contribution in [2.24, 2.45) is 0 Å². The van der Waals surface area contributed by atoms with Gasteiger partial charge in [0.15, 0.2) is 10.3 Å². The molecule has 0 saturated carbocycles. The molecule has 5 nitrogen and oxygen atoms in total. The number of alkyl halides is 3. The third-order valence-electron chi connectivity index (χ3n) is 2.03. The summed E-state index contributed by atoms with van der Waals surface area (Å²) in [7, 11) is 0. The van der Waals surface area contributed by atoms with Gasteiger partial charge in [0.25, 0.3) is 9.70 Å². The van der Waals surface area contributed by atoms with Crippen molar-refractivity contribution in [2.75, 3.05) is 11.1 Å². The second-order valence-electron chi connectivity index (χ2n) is 3.46. The Hall–Kier alpha value is -0.600. The maximum Gasteiger partial charge on any atom is 0.278 e. The average Bonchev–Trinajstić information content (AvgIpc) is 2.83. The fraction of sp³-hybridized carbons (Fsp3) is 0.222. The summed E-state index contributed by atoms with van der Waals surface area (Å²) in [5.74, 6) is -0.754. The monoisotopic (exact) mass is 356 g/mol. The van der Waals surface area contributed by atoms with Gasteiger partial charge in [0.2, 0.25) is 0 Å². The van der Waals surface area contributed by atoms with Crippen LogP contribution < -0.4 is 11.1 Å². The molecule has 10 heteroatoms. The Morgan fingerprint density at radius 2 is 2.11 bits per heavy atom. The molecule has 0 aliphatic carbocycles. The molecule has 0 aliphatic rings. The molecule has 19 heavy (non-hydrogen) atoms. The number of aromatic nitrogens is 2. The summed E-state index contributed by atoms with van der Waals surface area (Å²) in [5.41, 5.74) is 7.01. The highest BCUT2D eigenvalue weighted by atomic mass is 35.6. The second kappa shape index (κ2) is 5.41. The van der Waals surface area contributed by atoms with Crippen molar-refractivity contribution in [3.05, 3.63) is 11.1 Å². The molecule has 0 unspecified atom stereocenters. The third-order valence-corrected chi connectivity index (χ3v) is 4.31. The van der Waals surface area contributed by atoms with Crippen molar-refractivity contribution in [2.45, 2.75) is 10.7 Å². The van der Waals surface area contributed by atoms with Crippen molar-refractivity contribution in [3.8, 4) is 10.6 Å². The van der Waals surface area contributed by atoms with Crippen molar-refractivity contribution in [1.82, 2.24) is 9.97 Å². The number of carbonyl (C=O) groups excluding carboxylic acids is 1. The van der Waals surface area contributed by atoms with Crippen molar-refractivity contribution < 1.29 is 4.79 Å². The van der Waals surface area contributed by atoms with Crippen LogP contribution in [0.1, 0.15) is 5.69 Å². The molecule has 0 bridgehead atoms. The minimum atomic E-state index is -2.02. The number of nitrogens with one attached hydrogen (secondary N) is 1. The first-order chi connectivity index (χ1) is 8.77. The number of amides is 1. The topological polar surface area (TPSA) is 80.9 Å². The molecule has 2 aromatic heterocycles. The lowest BCUT2D eigenvalue weighted by Crippen LogP contribution is -2.26. The van der Waals surface area contributed by atoms with Crippen LogP contribution in [-0.4, -0.2) is 19.7 Å². The Bertz CT molecular complexity index is 619. The van der Waals surface area contributed by atoms with Gasteiger partial charge in [0, 0.05) is 5.38 Å². The lowest BCUT2D eigenvalue weighted by molar-refractivity contribution is -0.115. The van der Waals surface area contributed by atoms with Gasteiger partial charge in [0.1, 0.15) is 0 Å². The van der Waals surface area contributed by atoms with Gasteiger partial charge < -0.3 is 5.73 Å². The summed E-state index contributed by atoms with van der Waals surface area (Å²) in [6.07, 6.45) is 0. The lowest BCUT2D eigenvalue weighted by atomic mass is 10.3. The lowest BCUT2D eigenvalue weighted by Gasteiger charge is -2.08. The number of carbonyl (C=O) groups is 1. The van der Waals surface area contributed by atoms with Gasteiger partial charge in [-0.05, 0) is 6.92 Å². The Balaban J connectivity index is 2.25. The molecule has 0 radical (unpaired) electrons. The van der Waals surface area contributed by atoms with E-state index in [-0.39, 0.29) is 0 Å². The van der Waals surface area contributed by atoms with Crippen LogP contribution in [0.3, 0.4) is 0 Å². The molecule has 0 aliphatic heterocycles. The molecule has 0 spiro atoms. The van der Waals surface area contributed by atoms with E-state index >= 15 is 0 Å². The Labute approximate surface area is 131 Å². The summed E-state index contributed by atoms with van der Waals surface area (Å²) < 4.78 is -2.02. The van der Waals surface area contributed by atoms with E-state index in [0.717, 1.165) is 10.6 Å². The maximum absolute atomic E-state index is 11.5. The van der Waals surface area contributed by atoms with E-state index in [2.05, 4.69) is 15.3 Å². The fourth-order valence-electron chi connectivity index (χ4n) is 1.25. The standard InChI is InChI=1S/C9H7Cl3N4OS2/c1-3-5(4-2-18-7(13)15-4)19-8(14-3)16-6(17)9(10,11)12/h2H,1H3,(H2,13,15)(H,14,16,17). The van der Waals surface area contributed by atoms with E-state index in [1.165, 1.54) is 22.7 Å². The molecular formula is C9H7Cl3N4OS2. The Kier molecular flexibility index (Phi) is 4.22. The van der Waals surface area contributed by atoms with Crippen molar-refractivity contribution in [3.63, 3.8) is 0 Å². The van der Waals surface area contributed by atoms with Crippen LogP contribution in [0.15, 0.2) is 5.38 Å². The molecule has 102 valence electrons. The van der Waals surface area contributed by atoms with Crippen LogP contribution in [0.25, 0.3) is 10.6 Å². The fourth-order valence-corrected chi connectivity index (χ4v) is 2.94. The number of hydrogen-bond donors (Lipinski definition) is 2. The number of nitrogens with zero attached hydrogens (tertiary/aromatic N) is 2. The minimum absolute atomic E-state index is 0.343. The molecule has 0 aromatic carbocycles. The maximum atomic E-state index is 11.5. The molecule has 2 aromatic rings. The number of nitrogen functional groups attached to an aromatic ring is 1. The van der Waals surface area contributed by atoms with E-state index in [1.807, 2.05) is 5.38 Å². The van der Waals surface area contributed by atoms with Gasteiger partial charge in [-0.1, -0.05) is 46.1 Å². The zero-order chi connectivity index (χ0) is 14.2. The van der Waals surface area contributed by atoms with E-state index in [1.54, 1.807) is 6.92 Å². The summed E-state index contributed by atoms with van der Waals surface area (Å²) in [4.78, 5) is 20.7. The normalized spacial score (nSPS) is 11.6. The number of nitrogens with two attached hydrogens (primary N) is 1. The Morgan fingerprint density at radius 3 is 2.63 bits per heavy atom. The average molecular weight is 358 g/mol. The summed E-state index contributed by atoms with van der Waals surface area (Å²) in [5, 5.41) is 5.06. The molecule has 2 heterocycles. The van der Waals surface area contributed by atoms with Crippen LogP contribution in [-0.2, 0) is 4.79 Å². The highest BCUT2D eigenvalue weighted by molar-refractivity contribution is 7.20. The number of rotatable bonds is 2. The van der Waals surface area contributed by atoms with Crippen LogP contribution in [0.2, 0.25) is 0 Å². The predicted octanol–water partition coefficient (Wildman–Crippen LogP) is 3.47. The first-order valence-electron chi connectivity index (χ1n) is 4.84. The van der Waals surface area contributed by atoms with Crippen LogP contribution in [0.4, 0.5) is 10.3 Å². The van der Waals surface area contributed by atoms with Crippen LogP contribution in [0.5, 0.6) is 0 Å². The predicted molar refractivity (Wildman–Crippen MR) is 81.3 cm³/mol. The smallest absolute Gasteiger partial charge is 0.278 e. The van der Waals surface area contributed by atoms with E-state index in [9.17, 15) is 4.79 Å². The molecule has 0 saturated heterocycles. The zero-order valence-corrected chi connectivity index (χ0v) is 13.3. The summed E-state index contributed by atoms with van der Waals surface area (Å²) in [6.45, 7) is 1.80. The van der Waals surface area contributed by atoms with Gasteiger partial charge >= 0.3 is 0 Å². The molecule has 1 amide bonds. The number of hydrogen-bond acceptors (Lipinski definition) is 6. The van der Waals surface area contributed by atoms with E-state index in [4.69, 9.17) is 40.5 Å². The number of aryl methyl sites for hydroxylation is 1. The molecule has 3 N–H and O–H groups in total. The minimum Gasteiger partial charge on any atom is -0.375 e. The molecule has 2 rings (SSSR count). The van der Waals surface area contributed by atoms with Crippen molar-refractivity contribution >= 4 is 73.6 Å². The van der Waals surface area contributed by atoms with Gasteiger partial charge in [-0.3, -0.25) is 10.1 Å². The highest BCUT2D eigenvalue weighted by Crippen LogP contribution is 2.35. The zero-order valence-electron chi connectivity index (χ0n) is 9.41. The number of anilines is 2. The largest absolute Gasteiger partial charge is 0.375 e. The molecule has 0 atom stereocenters. The first kappa shape index (κ1) is 14.8. The van der Waals surface area contributed by atoms with Gasteiger partial charge in [-0.2, -0.15) is 0 Å². The van der Waals surface area contributed by atoms with Gasteiger partial charge in [-0.15, -0.1) is 11.3 Å². The summed E-state index contributed by atoms with van der Waals surface area (Å²) in [6, 6.07) is 0. The number of thiazole rings is 2. The second-order valence-corrected chi connectivity index (χ2v) is 7.63. The van der Waals surface area contributed by atoms with Gasteiger partial charge in [0.05, 0.1) is 16.3 Å². The SMILES string of the molecule is Cc1nc(NC(=O)C(Cl)(Cl)Cl)sc1-c1csc(N)n1. The van der Waals surface area contributed by atoms with E-state index in [0.29, 0.717) is 16.0 Å². The molecule has 0 fully saturated rings. The summed E-state index contributed by atoms with van der Waals surface area (Å²) >= 11 is 19.0. The van der Waals surface area contributed by atoms with Gasteiger partial charge in [-0.25, -0.2) is 9.97 Å². The van der Waals surface area contributed by atoms with Crippen LogP contribution >= 0.6 is 57.5 Å². The van der Waals surface area contributed by atoms with Crippen LogP contribution in [0, 0.1) is 6.92 Å². The molecular weight excluding hydrogens is 351 g/mol. The number of halogens is 3. The quantitative estimate of drug-likeness (QED) is 0.806.